The molecule has 112 valence electrons. The van der Waals surface area contributed by atoms with E-state index in [1.807, 2.05) is 0 Å². The van der Waals surface area contributed by atoms with Gasteiger partial charge in [-0.25, -0.2) is 0 Å². The number of anilines is 2. The number of para-hydroxylation sites is 1. The predicted molar refractivity (Wildman–Crippen MR) is 75.7 cm³/mol. The highest BCUT2D eigenvalue weighted by atomic mass is 19.4. The molecule has 0 saturated carbocycles. The van der Waals surface area contributed by atoms with Crippen molar-refractivity contribution in [3.8, 4) is 0 Å². The Bertz CT molecular complexity index is 597. The van der Waals surface area contributed by atoms with Crippen LogP contribution in [0.5, 0.6) is 0 Å². The lowest BCUT2D eigenvalue weighted by Crippen LogP contribution is -2.16. The van der Waals surface area contributed by atoms with E-state index in [0.717, 1.165) is 6.07 Å². The molecule has 0 heterocycles. The van der Waals surface area contributed by atoms with Crippen LogP contribution in [0.4, 0.5) is 24.5 Å². The molecule has 6 heteroatoms. The van der Waals surface area contributed by atoms with Crippen molar-refractivity contribution < 1.29 is 18.3 Å². The van der Waals surface area contributed by atoms with E-state index in [2.05, 4.69) is 5.32 Å². The molecule has 0 aromatic heterocycles. The number of nitrogens with one attached hydrogen (secondary N) is 1. The van der Waals surface area contributed by atoms with E-state index in [9.17, 15) is 18.3 Å². The number of alkyl halides is 3. The molecule has 0 amide bonds. The molecule has 2 rings (SSSR count). The molecule has 3 nitrogen and oxygen atoms in total. The normalized spacial score (nSPS) is 13.0. The number of rotatable bonds is 4. The van der Waals surface area contributed by atoms with Crippen LogP contribution in [0.1, 0.15) is 17.2 Å². The van der Waals surface area contributed by atoms with Gasteiger partial charge >= 0.3 is 6.18 Å². The number of aliphatic hydroxyl groups is 1. The third kappa shape index (κ3) is 3.88. The summed E-state index contributed by atoms with van der Waals surface area (Å²) in [5.41, 5.74) is 5.87. The van der Waals surface area contributed by atoms with Gasteiger partial charge in [-0.2, -0.15) is 13.2 Å². The van der Waals surface area contributed by atoms with E-state index in [1.165, 1.54) is 18.2 Å². The highest BCUT2D eigenvalue weighted by molar-refractivity contribution is 5.52. The third-order valence-corrected chi connectivity index (χ3v) is 3.04. The number of benzene rings is 2. The number of hydrogen-bond acceptors (Lipinski definition) is 3. The Labute approximate surface area is 120 Å². The summed E-state index contributed by atoms with van der Waals surface area (Å²) < 4.78 is 38.5. The summed E-state index contributed by atoms with van der Waals surface area (Å²) in [4.78, 5) is 0. The van der Waals surface area contributed by atoms with Gasteiger partial charge in [0.25, 0.3) is 0 Å². The maximum Gasteiger partial charge on any atom is 0.418 e. The third-order valence-electron chi connectivity index (χ3n) is 3.04. The smallest absolute Gasteiger partial charge is 0.399 e. The average molecular weight is 296 g/mol. The molecule has 2 aromatic rings. The number of aliphatic hydroxyl groups excluding tert-OH is 1. The summed E-state index contributed by atoms with van der Waals surface area (Å²) in [6.07, 6.45) is -5.36. The fraction of sp³-hybridized carbons (Fsp3) is 0.200. The first kappa shape index (κ1) is 15.2. The van der Waals surface area contributed by atoms with Crippen LogP contribution in [0.3, 0.4) is 0 Å². The van der Waals surface area contributed by atoms with Gasteiger partial charge in [0.05, 0.1) is 11.7 Å². The molecule has 0 aliphatic heterocycles. The minimum Gasteiger partial charge on any atom is -0.399 e. The topological polar surface area (TPSA) is 58.3 Å². The zero-order chi connectivity index (χ0) is 15.5. The molecule has 0 bridgehead atoms. The van der Waals surface area contributed by atoms with E-state index >= 15 is 0 Å². The standard InChI is InChI=1S/C15H15F3N2O/c16-15(17,18)12-3-1-2-4-13(12)20-9-14(21)10-5-7-11(19)8-6-10/h1-8,14,20-21H,9,19H2. The van der Waals surface area contributed by atoms with E-state index in [0.29, 0.717) is 11.3 Å². The van der Waals surface area contributed by atoms with Crippen molar-refractivity contribution in [1.29, 1.82) is 0 Å². The largest absolute Gasteiger partial charge is 0.418 e. The van der Waals surface area contributed by atoms with Crippen LogP contribution in [0, 0.1) is 0 Å². The quantitative estimate of drug-likeness (QED) is 0.758. The Hall–Kier alpha value is -2.21. The van der Waals surface area contributed by atoms with Gasteiger partial charge in [-0.1, -0.05) is 24.3 Å². The van der Waals surface area contributed by atoms with Gasteiger partial charge in [-0.15, -0.1) is 0 Å². The van der Waals surface area contributed by atoms with Crippen LogP contribution in [-0.2, 0) is 6.18 Å². The summed E-state index contributed by atoms with van der Waals surface area (Å²) >= 11 is 0. The van der Waals surface area contributed by atoms with Crippen molar-refractivity contribution >= 4 is 11.4 Å². The van der Waals surface area contributed by atoms with Gasteiger partial charge in [0, 0.05) is 17.9 Å². The second-order valence-electron chi connectivity index (χ2n) is 4.61. The Kier molecular flexibility index (Phi) is 4.37. The Morgan fingerprint density at radius 2 is 1.67 bits per heavy atom. The molecule has 4 N–H and O–H groups in total. The zero-order valence-electron chi connectivity index (χ0n) is 11.1. The first-order valence-corrected chi connectivity index (χ1v) is 6.31. The van der Waals surface area contributed by atoms with Crippen molar-refractivity contribution in [2.45, 2.75) is 12.3 Å². The number of halogens is 3. The van der Waals surface area contributed by atoms with Crippen LogP contribution < -0.4 is 11.1 Å². The monoisotopic (exact) mass is 296 g/mol. The lowest BCUT2D eigenvalue weighted by molar-refractivity contribution is -0.137. The Morgan fingerprint density at radius 3 is 2.29 bits per heavy atom. The first-order chi connectivity index (χ1) is 9.88. The van der Waals surface area contributed by atoms with E-state index in [-0.39, 0.29) is 12.2 Å². The fourth-order valence-electron chi connectivity index (χ4n) is 1.93. The molecule has 0 radical (unpaired) electrons. The van der Waals surface area contributed by atoms with Crippen LogP contribution >= 0.6 is 0 Å². The Morgan fingerprint density at radius 1 is 1.05 bits per heavy atom. The molecule has 0 spiro atoms. The second kappa shape index (κ2) is 6.05. The molecular formula is C15H15F3N2O. The molecule has 21 heavy (non-hydrogen) atoms. The first-order valence-electron chi connectivity index (χ1n) is 6.31. The Balaban J connectivity index is 2.08. The van der Waals surface area contributed by atoms with Crippen LogP contribution in [0.15, 0.2) is 48.5 Å². The molecule has 0 saturated heterocycles. The van der Waals surface area contributed by atoms with Gasteiger partial charge in [-0.3, -0.25) is 0 Å². The van der Waals surface area contributed by atoms with Gasteiger partial charge in [0.1, 0.15) is 0 Å². The number of nitrogens with two attached hydrogens (primary N) is 1. The van der Waals surface area contributed by atoms with Gasteiger partial charge in [0.15, 0.2) is 0 Å². The number of nitrogen functional groups attached to an aromatic ring is 1. The van der Waals surface area contributed by atoms with Crippen LogP contribution in [0.25, 0.3) is 0 Å². The van der Waals surface area contributed by atoms with E-state index in [1.54, 1.807) is 24.3 Å². The number of hydrogen-bond donors (Lipinski definition) is 3. The molecule has 0 aliphatic rings. The van der Waals surface area contributed by atoms with Gasteiger partial charge in [0.2, 0.25) is 0 Å². The maximum absolute atomic E-state index is 12.8. The molecule has 1 unspecified atom stereocenters. The van der Waals surface area contributed by atoms with Crippen molar-refractivity contribution in [3.63, 3.8) is 0 Å². The lowest BCUT2D eigenvalue weighted by atomic mass is 10.1. The SMILES string of the molecule is Nc1ccc(C(O)CNc2ccccc2C(F)(F)F)cc1. The maximum atomic E-state index is 12.8. The average Bonchev–Trinajstić information content (AvgIpc) is 2.45. The minimum absolute atomic E-state index is 0.0307. The molecule has 1 atom stereocenters. The van der Waals surface area contributed by atoms with E-state index in [4.69, 9.17) is 5.73 Å². The second-order valence-corrected chi connectivity index (χ2v) is 4.61. The zero-order valence-corrected chi connectivity index (χ0v) is 11.1. The molecule has 2 aromatic carbocycles. The van der Waals surface area contributed by atoms with Crippen molar-refractivity contribution in [1.82, 2.24) is 0 Å². The van der Waals surface area contributed by atoms with Crippen molar-refractivity contribution in [3.05, 3.63) is 59.7 Å². The summed E-state index contributed by atoms with van der Waals surface area (Å²) in [6.45, 7) is -0.0307. The van der Waals surface area contributed by atoms with Crippen LogP contribution in [-0.4, -0.2) is 11.7 Å². The minimum atomic E-state index is -4.43. The predicted octanol–water partition coefficient (Wildman–Crippen LogP) is 3.43. The summed E-state index contributed by atoms with van der Waals surface area (Å²) in [5.74, 6) is 0. The van der Waals surface area contributed by atoms with Crippen molar-refractivity contribution in [2.75, 3.05) is 17.6 Å². The van der Waals surface area contributed by atoms with Gasteiger partial charge in [-0.05, 0) is 29.8 Å². The highest BCUT2D eigenvalue weighted by Gasteiger charge is 2.33. The van der Waals surface area contributed by atoms with Crippen molar-refractivity contribution in [2.24, 2.45) is 0 Å². The van der Waals surface area contributed by atoms with E-state index < -0.39 is 17.8 Å². The highest BCUT2D eigenvalue weighted by Crippen LogP contribution is 2.34. The molecular weight excluding hydrogens is 281 g/mol. The summed E-state index contributed by atoms with van der Waals surface area (Å²) in [5, 5.41) is 12.6. The van der Waals surface area contributed by atoms with Gasteiger partial charge < -0.3 is 16.2 Å². The van der Waals surface area contributed by atoms with Crippen LogP contribution in [0.2, 0.25) is 0 Å². The molecule has 0 fully saturated rings. The fourth-order valence-corrected chi connectivity index (χ4v) is 1.93. The summed E-state index contributed by atoms with van der Waals surface area (Å²) in [6, 6.07) is 11.7. The molecule has 0 aliphatic carbocycles. The lowest BCUT2D eigenvalue weighted by Gasteiger charge is -2.17. The summed E-state index contributed by atoms with van der Waals surface area (Å²) in [7, 11) is 0.